The maximum atomic E-state index is 10.7. The lowest BCUT2D eigenvalue weighted by Crippen LogP contribution is -2.26. The molecule has 2 heterocycles. The van der Waals surface area contributed by atoms with E-state index in [1.165, 1.54) is 17.3 Å². The Balaban J connectivity index is 2.02. The van der Waals surface area contributed by atoms with E-state index in [-0.39, 0.29) is 5.69 Å². The summed E-state index contributed by atoms with van der Waals surface area (Å²) in [6.07, 6.45) is 3.76. The van der Waals surface area contributed by atoms with E-state index in [0.717, 1.165) is 19.5 Å². The fraction of sp³-hybridized carbons (Fsp3) is 0.308. The zero-order valence-corrected chi connectivity index (χ0v) is 11.4. The third-order valence-electron chi connectivity index (χ3n) is 2.77. The summed E-state index contributed by atoms with van der Waals surface area (Å²) in [5.41, 5.74) is -0.0296. The molecule has 0 aliphatic carbocycles. The summed E-state index contributed by atoms with van der Waals surface area (Å²) >= 11 is 1.74. The second-order valence-corrected chi connectivity index (χ2v) is 5.01. The number of likely N-dealkylation sites (N-methyl/N-ethyl adjacent to an activating group) is 1. The van der Waals surface area contributed by atoms with Crippen LogP contribution in [0.1, 0.15) is 22.3 Å². The quantitative estimate of drug-likeness (QED) is 0.877. The molecule has 0 amide bonds. The number of anilines is 1. The van der Waals surface area contributed by atoms with Crippen LogP contribution in [0, 0.1) is 0 Å². The van der Waals surface area contributed by atoms with Crippen molar-refractivity contribution in [2.24, 2.45) is 0 Å². The van der Waals surface area contributed by atoms with Gasteiger partial charge in [-0.3, -0.25) is 0 Å². The zero-order valence-electron chi connectivity index (χ0n) is 10.6. The molecule has 100 valence electrons. The maximum Gasteiger partial charge on any atom is 0.356 e. The smallest absolute Gasteiger partial charge is 0.356 e. The van der Waals surface area contributed by atoms with Crippen molar-refractivity contribution in [2.75, 3.05) is 18.0 Å². The van der Waals surface area contributed by atoms with E-state index < -0.39 is 5.97 Å². The number of carbonyl (C=O) groups is 1. The van der Waals surface area contributed by atoms with Crippen molar-refractivity contribution in [2.45, 2.75) is 13.3 Å². The number of aromatic carboxylic acids is 1. The number of carboxylic acids is 1. The van der Waals surface area contributed by atoms with E-state index in [4.69, 9.17) is 5.11 Å². The minimum absolute atomic E-state index is 0.0296. The highest BCUT2D eigenvalue weighted by Gasteiger charge is 2.09. The summed E-state index contributed by atoms with van der Waals surface area (Å²) in [6.45, 7) is 3.70. The van der Waals surface area contributed by atoms with Gasteiger partial charge in [0.05, 0.1) is 12.4 Å². The second kappa shape index (κ2) is 6.29. The van der Waals surface area contributed by atoms with Gasteiger partial charge in [-0.25, -0.2) is 14.8 Å². The summed E-state index contributed by atoms with van der Waals surface area (Å²) in [6, 6.07) is 4.15. The van der Waals surface area contributed by atoms with Crippen molar-refractivity contribution in [3.05, 3.63) is 40.5 Å². The summed E-state index contributed by atoms with van der Waals surface area (Å²) in [5, 5.41) is 10.8. The summed E-state index contributed by atoms with van der Waals surface area (Å²) < 4.78 is 0. The molecule has 2 aromatic heterocycles. The minimum Gasteiger partial charge on any atom is -0.476 e. The van der Waals surface area contributed by atoms with Gasteiger partial charge in [0.25, 0.3) is 0 Å². The van der Waals surface area contributed by atoms with Crippen LogP contribution in [-0.2, 0) is 6.42 Å². The fourth-order valence-corrected chi connectivity index (χ4v) is 2.43. The molecule has 0 spiro atoms. The zero-order chi connectivity index (χ0) is 13.7. The van der Waals surface area contributed by atoms with E-state index in [2.05, 4.69) is 26.3 Å². The Hall–Kier alpha value is -1.95. The van der Waals surface area contributed by atoms with Gasteiger partial charge in [-0.2, -0.15) is 0 Å². The van der Waals surface area contributed by atoms with Crippen LogP contribution in [0.15, 0.2) is 29.9 Å². The summed E-state index contributed by atoms with van der Waals surface area (Å²) in [4.78, 5) is 22.2. The van der Waals surface area contributed by atoms with Crippen molar-refractivity contribution in [3.8, 4) is 0 Å². The van der Waals surface area contributed by atoms with E-state index >= 15 is 0 Å². The van der Waals surface area contributed by atoms with Gasteiger partial charge >= 0.3 is 5.97 Å². The summed E-state index contributed by atoms with van der Waals surface area (Å²) in [5.74, 6) is -0.343. The van der Waals surface area contributed by atoms with Gasteiger partial charge in [-0.05, 0) is 24.8 Å². The van der Waals surface area contributed by atoms with E-state index in [1.54, 1.807) is 11.3 Å². The van der Waals surface area contributed by atoms with Gasteiger partial charge in [-0.15, -0.1) is 11.3 Å². The highest BCUT2D eigenvalue weighted by Crippen LogP contribution is 2.13. The highest BCUT2D eigenvalue weighted by atomic mass is 32.1. The average Bonchev–Trinajstić information content (AvgIpc) is 2.93. The molecule has 0 unspecified atom stereocenters. The topological polar surface area (TPSA) is 66.3 Å². The van der Waals surface area contributed by atoms with Gasteiger partial charge < -0.3 is 10.0 Å². The molecule has 0 fully saturated rings. The molecule has 1 N–H and O–H groups in total. The minimum atomic E-state index is -1.05. The van der Waals surface area contributed by atoms with Crippen molar-refractivity contribution >= 4 is 23.1 Å². The first kappa shape index (κ1) is 13.5. The van der Waals surface area contributed by atoms with Crippen molar-refractivity contribution in [1.29, 1.82) is 0 Å². The van der Waals surface area contributed by atoms with Crippen LogP contribution in [0.25, 0.3) is 0 Å². The molecular weight excluding hydrogens is 262 g/mol. The second-order valence-electron chi connectivity index (χ2n) is 3.97. The normalized spacial score (nSPS) is 10.4. The molecule has 0 aliphatic heterocycles. The van der Waals surface area contributed by atoms with E-state index in [1.807, 2.05) is 13.0 Å². The van der Waals surface area contributed by atoms with Crippen LogP contribution >= 0.6 is 11.3 Å². The Morgan fingerprint density at radius 3 is 2.79 bits per heavy atom. The van der Waals surface area contributed by atoms with Gasteiger partial charge in [0.1, 0.15) is 5.82 Å². The van der Waals surface area contributed by atoms with Gasteiger partial charge in [0, 0.05) is 18.0 Å². The van der Waals surface area contributed by atoms with E-state index in [9.17, 15) is 4.79 Å². The Kier molecular flexibility index (Phi) is 4.46. The van der Waals surface area contributed by atoms with Crippen LogP contribution in [0.4, 0.5) is 5.82 Å². The molecule has 2 rings (SSSR count). The lowest BCUT2D eigenvalue weighted by Gasteiger charge is -2.21. The first-order valence-electron chi connectivity index (χ1n) is 6.03. The molecule has 19 heavy (non-hydrogen) atoms. The molecule has 0 saturated carbocycles. The Morgan fingerprint density at radius 1 is 1.42 bits per heavy atom. The number of thiophene rings is 1. The molecule has 0 radical (unpaired) electrons. The average molecular weight is 277 g/mol. The molecule has 0 aliphatic rings. The molecule has 0 atom stereocenters. The van der Waals surface area contributed by atoms with E-state index in [0.29, 0.717) is 5.82 Å². The Bertz CT molecular complexity index is 525. The largest absolute Gasteiger partial charge is 0.476 e. The monoisotopic (exact) mass is 277 g/mol. The van der Waals surface area contributed by atoms with Gasteiger partial charge in [-0.1, -0.05) is 6.07 Å². The number of aromatic nitrogens is 2. The number of hydrogen-bond donors (Lipinski definition) is 1. The first-order valence-corrected chi connectivity index (χ1v) is 6.91. The number of nitrogens with zero attached hydrogens (tertiary/aromatic N) is 3. The van der Waals surface area contributed by atoms with Crippen molar-refractivity contribution in [1.82, 2.24) is 9.97 Å². The first-order chi connectivity index (χ1) is 9.20. The molecule has 0 saturated heterocycles. The lowest BCUT2D eigenvalue weighted by atomic mass is 10.3. The van der Waals surface area contributed by atoms with Crippen molar-refractivity contribution < 1.29 is 9.90 Å². The standard InChI is InChI=1S/C13H15N3O2S/c1-2-16(6-5-10-4-3-7-19-10)12-9-14-11(8-15-12)13(17)18/h3-4,7-9H,2,5-6H2,1H3,(H,17,18). The van der Waals surface area contributed by atoms with Crippen LogP contribution in [0.5, 0.6) is 0 Å². The molecular formula is C13H15N3O2S. The lowest BCUT2D eigenvalue weighted by molar-refractivity contribution is 0.0690. The highest BCUT2D eigenvalue weighted by molar-refractivity contribution is 7.09. The number of carboxylic acid groups (broad SMARTS) is 1. The van der Waals surface area contributed by atoms with Gasteiger partial charge in [0.2, 0.25) is 0 Å². The SMILES string of the molecule is CCN(CCc1cccs1)c1cnc(C(=O)O)cn1. The van der Waals surface area contributed by atoms with Crippen LogP contribution in [0.2, 0.25) is 0 Å². The molecule has 5 nitrogen and oxygen atoms in total. The fourth-order valence-electron chi connectivity index (χ4n) is 1.73. The van der Waals surface area contributed by atoms with Crippen molar-refractivity contribution in [3.63, 3.8) is 0 Å². The van der Waals surface area contributed by atoms with Gasteiger partial charge in [0.15, 0.2) is 5.69 Å². The predicted molar refractivity (Wildman–Crippen MR) is 74.9 cm³/mol. The number of rotatable bonds is 6. The summed E-state index contributed by atoms with van der Waals surface area (Å²) in [7, 11) is 0. The third kappa shape index (κ3) is 3.51. The number of hydrogen-bond acceptors (Lipinski definition) is 5. The molecule has 2 aromatic rings. The maximum absolute atomic E-state index is 10.7. The molecule has 6 heteroatoms. The van der Waals surface area contributed by atoms with Crippen LogP contribution in [-0.4, -0.2) is 34.1 Å². The Morgan fingerprint density at radius 2 is 2.26 bits per heavy atom. The van der Waals surface area contributed by atoms with Crippen LogP contribution in [0.3, 0.4) is 0 Å². The predicted octanol–water partition coefficient (Wildman–Crippen LogP) is 2.31. The van der Waals surface area contributed by atoms with Crippen LogP contribution < -0.4 is 4.90 Å². The third-order valence-corrected chi connectivity index (χ3v) is 3.71. The molecule has 0 bridgehead atoms. The Labute approximate surface area is 115 Å². The molecule has 0 aromatic carbocycles.